The summed E-state index contributed by atoms with van der Waals surface area (Å²) < 4.78 is 6.87. The van der Waals surface area contributed by atoms with E-state index in [9.17, 15) is 14.4 Å². The Morgan fingerprint density at radius 2 is 1.96 bits per heavy atom. The third-order valence-corrected chi connectivity index (χ3v) is 4.85. The van der Waals surface area contributed by atoms with Gasteiger partial charge in [0.1, 0.15) is 6.04 Å². The van der Waals surface area contributed by atoms with Gasteiger partial charge >= 0.3 is 5.76 Å². The Morgan fingerprint density at radius 1 is 1.16 bits per heavy atom. The molecule has 4 rings (SSSR count). The van der Waals surface area contributed by atoms with Crippen molar-refractivity contribution in [2.75, 3.05) is 26.2 Å². The maximum Gasteiger partial charge on any atom is 0.420 e. The Bertz CT molecular complexity index is 878. The number of piperidine rings is 1. The van der Waals surface area contributed by atoms with Gasteiger partial charge in [-0.25, -0.2) is 4.79 Å². The number of piperazine rings is 1. The first kappa shape index (κ1) is 16.0. The minimum Gasteiger partial charge on any atom is -0.407 e. The first-order valence-electron chi connectivity index (χ1n) is 8.53. The Labute approximate surface area is 143 Å². The Kier molecular flexibility index (Phi) is 4.14. The predicted octanol–water partition coefficient (Wildman–Crippen LogP) is -0.0226. The summed E-state index contributed by atoms with van der Waals surface area (Å²) in [5.74, 6) is -1.31. The molecule has 1 unspecified atom stereocenters. The molecule has 2 aliphatic rings. The van der Waals surface area contributed by atoms with Crippen molar-refractivity contribution in [3.05, 3.63) is 34.3 Å². The highest BCUT2D eigenvalue weighted by Crippen LogP contribution is 2.25. The average Bonchev–Trinajstić information content (AvgIpc) is 2.93. The van der Waals surface area contributed by atoms with Crippen LogP contribution in [0.15, 0.2) is 27.4 Å². The van der Waals surface area contributed by atoms with Crippen LogP contribution >= 0.6 is 0 Å². The molecule has 1 atom stereocenters. The highest BCUT2D eigenvalue weighted by molar-refractivity contribution is 6.00. The molecule has 8 nitrogen and oxygen atoms in total. The monoisotopic (exact) mass is 344 g/mol. The number of aromatic nitrogens is 1. The zero-order valence-corrected chi connectivity index (χ0v) is 13.8. The Balaban J connectivity index is 1.71. The van der Waals surface area contributed by atoms with Gasteiger partial charge in [0, 0.05) is 44.7 Å². The lowest BCUT2D eigenvalue weighted by atomic mass is 10.1. The summed E-state index contributed by atoms with van der Waals surface area (Å²) in [6, 6.07) is 4.89. The van der Waals surface area contributed by atoms with Crippen LogP contribution in [0.25, 0.3) is 11.1 Å². The molecule has 8 heteroatoms. The van der Waals surface area contributed by atoms with Crippen molar-refractivity contribution in [3.8, 4) is 0 Å². The molecule has 1 aromatic carbocycles. The van der Waals surface area contributed by atoms with Gasteiger partial charge in [0.15, 0.2) is 5.58 Å². The molecule has 0 aliphatic carbocycles. The third-order valence-electron chi connectivity index (χ3n) is 4.85. The molecule has 2 N–H and O–H groups in total. The second-order valence-corrected chi connectivity index (χ2v) is 6.50. The molecular weight excluding hydrogens is 324 g/mol. The normalized spacial score (nSPS) is 22.3. The van der Waals surface area contributed by atoms with Crippen molar-refractivity contribution < 1.29 is 14.0 Å². The van der Waals surface area contributed by atoms with Crippen molar-refractivity contribution in [3.63, 3.8) is 0 Å². The van der Waals surface area contributed by atoms with Gasteiger partial charge in [-0.3, -0.25) is 24.4 Å². The van der Waals surface area contributed by atoms with E-state index in [1.807, 2.05) is 12.1 Å². The number of amides is 2. The number of hydrogen-bond acceptors (Lipinski definition) is 6. The average molecular weight is 344 g/mol. The van der Waals surface area contributed by atoms with Gasteiger partial charge in [-0.2, -0.15) is 0 Å². The smallest absolute Gasteiger partial charge is 0.407 e. The molecule has 2 fully saturated rings. The number of nitrogens with zero attached hydrogens (tertiary/aromatic N) is 2. The lowest BCUT2D eigenvalue weighted by Gasteiger charge is -2.27. The number of carbonyl (C=O) groups excluding carboxylic acids is 2. The van der Waals surface area contributed by atoms with E-state index in [0.717, 1.165) is 31.7 Å². The fourth-order valence-corrected chi connectivity index (χ4v) is 3.57. The molecule has 1 aromatic heterocycles. The van der Waals surface area contributed by atoms with E-state index < -0.39 is 17.7 Å². The van der Waals surface area contributed by atoms with Gasteiger partial charge in [0.25, 0.3) is 0 Å². The molecule has 0 spiro atoms. The van der Waals surface area contributed by atoms with Crippen LogP contribution in [0.4, 0.5) is 0 Å². The van der Waals surface area contributed by atoms with E-state index in [0.29, 0.717) is 24.1 Å². The number of fused-ring (bicyclic) bond motifs is 1. The summed E-state index contributed by atoms with van der Waals surface area (Å²) in [7, 11) is 0. The standard InChI is InChI=1S/C17H20N4O4/c22-14-5-4-13(16(23)19-14)21-12-3-1-2-11(15(12)25-17(21)24)10-20-8-6-18-7-9-20/h1-3,13,18H,4-10H2,(H,19,22,23). The van der Waals surface area contributed by atoms with Gasteiger partial charge in [-0.15, -0.1) is 0 Å². The molecule has 0 saturated carbocycles. The summed E-state index contributed by atoms with van der Waals surface area (Å²) in [5, 5.41) is 5.61. The fourth-order valence-electron chi connectivity index (χ4n) is 3.57. The van der Waals surface area contributed by atoms with Crippen LogP contribution < -0.4 is 16.4 Å². The molecule has 2 saturated heterocycles. The van der Waals surface area contributed by atoms with Crippen molar-refractivity contribution in [2.45, 2.75) is 25.4 Å². The highest BCUT2D eigenvalue weighted by Gasteiger charge is 2.31. The number of hydrogen-bond donors (Lipinski definition) is 2. The van der Waals surface area contributed by atoms with Crippen LogP contribution in [0.1, 0.15) is 24.4 Å². The van der Waals surface area contributed by atoms with Gasteiger partial charge in [0.2, 0.25) is 11.8 Å². The van der Waals surface area contributed by atoms with Gasteiger partial charge in [0.05, 0.1) is 5.52 Å². The largest absolute Gasteiger partial charge is 0.420 e. The second-order valence-electron chi connectivity index (χ2n) is 6.50. The van der Waals surface area contributed by atoms with Crippen LogP contribution in [0.2, 0.25) is 0 Å². The molecule has 25 heavy (non-hydrogen) atoms. The number of rotatable bonds is 3. The number of para-hydroxylation sites is 1. The second kappa shape index (κ2) is 6.45. The van der Waals surface area contributed by atoms with Crippen LogP contribution in [-0.2, 0) is 16.1 Å². The zero-order valence-electron chi connectivity index (χ0n) is 13.8. The molecule has 2 aliphatic heterocycles. The van der Waals surface area contributed by atoms with Gasteiger partial charge < -0.3 is 9.73 Å². The van der Waals surface area contributed by atoms with E-state index in [2.05, 4.69) is 15.5 Å². The number of imide groups is 1. The van der Waals surface area contributed by atoms with E-state index >= 15 is 0 Å². The van der Waals surface area contributed by atoms with Crippen LogP contribution in [0.5, 0.6) is 0 Å². The lowest BCUT2D eigenvalue weighted by molar-refractivity contribution is -0.135. The maximum atomic E-state index is 12.4. The van der Waals surface area contributed by atoms with Gasteiger partial charge in [-0.05, 0) is 12.5 Å². The summed E-state index contributed by atoms with van der Waals surface area (Å²) in [4.78, 5) is 38.2. The van der Waals surface area contributed by atoms with Gasteiger partial charge in [-0.1, -0.05) is 12.1 Å². The summed E-state index contributed by atoms with van der Waals surface area (Å²) in [6.07, 6.45) is 0.525. The fraction of sp³-hybridized carbons (Fsp3) is 0.471. The molecule has 0 bridgehead atoms. The molecule has 3 heterocycles. The first-order chi connectivity index (χ1) is 12.1. The summed E-state index contributed by atoms with van der Waals surface area (Å²) in [6.45, 7) is 4.46. The zero-order chi connectivity index (χ0) is 17.4. The Morgan fingerprint density at radius 3 is 2.72 bits per heavy atom. The van der Waals surface area contributed by atoms with Crippen molar-refractivity contribution in [1.29, 1.82) is 0 Å². The molecule has 2 amide bonds. The minimum atomic E-state index is -0.708. The third kappa shape index (κ3) is 2.98. The van der Waals surface area contributed by atoms with Crippen LogP contribution in [0.3, 0.4) is 0 Å². The van der Waals surface area contributed by atoms with Crippen molar-refractivity contribution in [2.24, 2.45) is 0 Å². The van der Waals surface area contributed by atoms with Crippen molar-refractivity contribution in [1.82, 2.24) is 20.1 Å². The molecule has 0 radical (unpaired) electrons. The number of benzene rings is 1. The molecular formula is C17H20N4O4. The van der Waals surface area contributed by atoms with E-state index in [1.165, 1.54) is 4.57 Å². The molecule has 2 aromatic rings. The van der Waals surface area contributed by atoms with E-state index in [1.54, 1.807) is 6.07 Å². The first-order valence-corrected chi connectivity index (χ1v) is 8.53. The summed E-state index contributed by atoms with van der Waals surface area (Å²) in [5.41, 5.74) is 2.06. The van der Waals surface area contributed by atoms with Crippen LogP contribution in [0, 0.1) is 0 Å². The number of carbonyl (C=O) groups is 2. The highest BCUT2D eigenvalue weighted by atomic mass is 16.4. The van der Waals surface area contributed by atoms with Crippen molar-refractivity contribution >= 4 is 22.9 Å². The minimum absolute atomic E-state index is 0.218. The number of oxazole rings is 1. The quantitative estimate of drug-likeness (QED) is 0.760. The van der Waals surface area contributed by atoms with E-state index in [-0.39, 0.29) is 12.3 Å². The SMILES string of the molecule is O=C1CCC(n2c(=O)oc3c(CN4CCNCC4)cccc32)C(=O)N1. The maximum absolute atomic E-state index is 12.4. The topological polar surface area (TPSA) is 96.6 Å². The van der Waals surface area contributed by atoms with E-state index in [4.69, 9.17) is 4.42 Å². The lowest BCUT2D eigenvalue weighted by Crippen LogP contribution is -2.43. The predicted molar refractivity (Wildman–Crippen MR) is 90.0 cm³/mol. The van der Waals surface area contributed by atoms with Crippen LogP contribution in [-0.4, -0.2) is 47.5 Å². The molecule has 132 valence electrons. The number of nitrogens with one attached hydrogen (secondary N) is 2. The Hall–Kier alpha value is -2.45. The summed E-state index contributed by atoms with van der Waals surface area (Å²) >= 11 is 0.